The van der Waals surface area contributed by atoms with E-state index in [1.54, 1.807) is 11.1 Å². The summed E-state index contributed by atoms with van der Waals surface area (Å²) in [6.45, 7) is 9.00. The number of halogens is 2. The summed E-state index contributed by atoms with van der Waals surface area (Å²) in [7, 11) is 12.5. The fourth-order valence-electron chi connectivity index (χ4n) is 4.71. The van der Waals surface area contributed by atoms with Gasteiger partial charge in [0.1, 0.15) is 0 Å². The van der Waals surface area contributed by atoms with Crippen molar-refractivity contribution in [3.8, 4) is 0 Å². The van der Waals surface area contributed by atoms with Gasteiger partial charge in [0.15, 0.2) is 0 Å². The maximum atomic E-state index is 6.24. The first kappa shape index (κ1) is 29.0. The molecule has 0 nitrogen and oxygen atoms in total. The molecule has 1 aliphatic carbocycles. The minimum Gasteiger partial charge on any atom is -0.210 e. The van der Waals surface area contributed by atoms with Crippen LogP contribution in [0.4, 0.5) is 0 Å². The molecule has 5 rings (SSSR count). The summed E-state index contributed by atoms with van der Waals surface area (Å²) in [5.41, 5.74) is 8.52. The predicted molar refractivity (Wildman–Crippen MR) is 157 cm³/mol. The third-order valence-corrected chi connectivity index (χ3v) is 11.2. The molecule has 3 heteroatoms. The average Bonchev–Trinajstić information content (AvgIpc) is 3.56. The number of aryl methyl sites for hydroxylation is 2. The van der Waals surface area contributed by atoms with E-state index in [0.29, 0.717) is 11.8 Å². The van der Waals surface area contributed by atoms with Crippen LogP contribution in [0.5, 0.6) is 0 Å². The molecule has 0 bridgehead atoms. The summed E-state index contributed by atoms with van der Waals surface area (Å²) in [5.74, 6) is 1.34. The van der Waals surface area contributed by atoms with E-state index in [-0.39, 0.29) is 0 Å². The van der Waals surface area contributed by atoms with Crippen LogP contribution in [0.25, 0.3) is 0 Å². The molecule has 0 spiro atoms. The van der Waals surface area contributed by atoms with Crippen LogP contribution in [0.1, 0.15) is 85.8 Å². The van der Waals surface area contributed by atoms with Gasteiger partial charge in [0.2, 0.25) is 0 Å². The second kappa shape index (κ2) is 15.0. The summed E-state index contributed by atoms with van der Waals surface area (Å²) in [6.07, 6.45) is 5.44. The van der Waals surface area contributed by atoms with Gasteiger partial charge in [-0.25, -0.2) is 6.07 Å². The number of hydrogen-bond donors (Lipinski definition) is 0. The largest absolute Gasteiger partial charge is 0.210 e. The zero-order chi connectivity index (χ0) is 25.9. The molecule has 0 amide bonds. The number of rotatable bonds is 4. The van der Waals surface area contributed by atoms with Crippen LogP contribution in [0.3, 0.4) is 0 Å². The molecule has 0 saturated carbocycles. The molecular formula is C33H38Cl2Zr-2. The van der Waals surface area contributed by atoms with Crippen molar-refractivity contribution in [2.24, 2.45) is 0 Å². The Morgan fingerprint density at radius 1 is 0.722 bits per heavy atom. The molecule has 0 fully saturated rings. The van der Waals surface area contributed by atoms with Crippen molar-refractivity contribution in [1.29, 1.82) is 0 Å². The van der Waals surface area contributed by atoms with Crippen molar-refractivity contribution in [2.75, 3.05) is 0 Å². The maximum Gasteiger partial charge on any atom is -0.0512 e. The minimum atomic E-state index is -2.44. The smallest absolute Gasteiger partial charge is 0.0512 e. The SMILES string of the molecule is CC(C)c1c[cH-]cc1C(C)C.[Cl][Zr]([Cl])=[C](c1ccccc1)c1ccccc1.c1cc2c([cH-]1)CCCC2. The molecule has 190 valence electrons. The van der Waals surface area contributed by atoms with Gasteiger partial charge in [0, 0.05) is 0 Å². The first-order valence-corrected chi connectivity index (χ1v) is 20.6. The Hall–Kier alpha value is -1.53. The van der Waals surface area contributed by atoms with Crippen LogP contribution in [0, 0.1) is 0 Å². The zero-order valence-electron chi connectivity index (χ0n) is 22.0. The Bertz CT molecular complexity index is 1110. The molecule has 0 N–H and O–H groups in total. The second-order valence-corrected chi connectivity index (χ2v) is 18.0. The van der Waals surface area contributed by atoms with E-state index in [1.165, 1.54) is 36.8 Å². The van der Waals surface area contributed by atoms with Crippen LogP contribution < -0.4 is 0 Å². The molecular weight excluding hydrogens is 558 g/mol. The Morgan fingerprint density at radius 3 is 1.67 bits per heavy atom. The van der Waals surface area contributed by atoms with Gasteiger partial charge in [0.25, 0.3) is 0 Å². The van der Waals surface area contributed by atoms with E-state index in [9.17, 15) is 0 Å². The molecule has 0 heterocycles. The van der Waals surface area contributed by atoms with Crippen LogP contribution in [-0.4, -0.2) is 3.21 Å². The van der Waals surface area contributed by atoms with Crippen molar-refractivity contribution in [2.45, 2.75) is 65.2 Å². The summed E-state index contributed by atoms with van der Waals surface area (Å²) in [5, 5.41) is 0. The van der Waals surface area contributed by atoms with Gasteiger partial charge < -0.3 is 0 Å². The van der Waals surface area contributed by atoms with Crippen LogP contribution in [0.15, 0.2) is 97.1 Å². The molecule has 0 saturated heterocycles. The van der Waals surface area contributed by atoms with Crippen molar-refractivity contribution < 1.29 is 18.9 Å². The third-order valence-electron chi connectivity index (χ3n) is 6.59. The Labute approximate surface area is 233 Å². The fourth-order valence-corrected chi connectivity index (χ4v) is 9.18. The minimum absolute atomic E-state index is 0.669. The molecule has 0 aliphatic heterocycles. The molecule has 4 aromatic rings. The number of benzene rings is 2. The molecule has 0 radical (unpaired) electrons. The van der Waals surface area contributed by atoms with Gasteiger partial charge in [0.05, 0.1) is 0 Å². The summed E-state index contributed by atoms with van der Waals surface area (Å²) in [6, 6.07) is 33.6. The third kappa shape index (κ3) is 8.51. The normalized spacial score (nSPS) is 12.2. The summed E-state index contributed by atoms with van der Waals surface area (Å²) < 4.78 is 1.15. The van der Waals surface area contributed by atoms with Crippen LogP contribution in [-0.2, 0) is 31.7 Å². The van der Waals surface area contributed by atoms with Gasteiger partial charge in [-0.2, -0.15) is 52.6 Å². The van der Waals surface area contributed by atoms with Gasteiger partial charge in [-0.05, 0) is 0 Å². The van der Waals surface area contributed by atoms with E-state index in [2.05, 4.69) is 88.4 Å². The monoisotopic (exact) mass is 594 g/mol. The van der Waals surface area contributed by atoms with Gasteiger partial charge in [-0.1, -0.05) is 65.2 Å². The second-order valence-electron chi connectivity index (χ2n) is 9.90. The van der Waals surface area contributed by atoms with E-state index in [0.717, 1.165) is 14.3 Å². The van der Waals surface area contributed by atoms with Crippen LogP contribution >= 0.6 is 17.0 Å². The van der Waals surface area contributed by atoms with Crippen molar-refractivity contribution in [3.05, 3.63) is 130 Å². The topological polar surface area (TPSA) is 0 Å². The number of hydrogen-bond acceptors (Lipinski definition) is 0. The molecule has 1 aliphatic rings. The molecule has 0 unspecified atom stereocenters. The van der Waals surface area contributed by atoms with Crippen molar-refractivity contribution >= 4 is 20.2 Å². The standard InChI is InChI=1S/C13H10.C11H17.C9H11.2ClH.Zr/c1-3-7-12(8-4-1)11-13-9-5-2-6-10-13;1-8(2)10-6-5-7-11(10)9(3)4;1-2-5-9-7-3-6-8(9)4-1;;;/h1-10H;5-9H,1-4H3;3,6-7H,1-2,4-5H2;2*1H;/q;2*-1;;;+2/p-2. The fraction of sp³-hybridized carbons (Fsp3) is 0.303. The van der Waals surface area contributed by atoms with Gasteiger partial charge >= 0.3 is 111 Å². The van der Waals surface area contributed by atoms with Crippen molar-refractivity contribution in [1.82, 2.24) is 0 Å². The number of fused-ring (bicyclic) bond motifs is 1. The molecule has 0 aromatic heterocycles. The van der Waals surface area contributed by atoms with E-state index >= 15 is 0 Å². The predicted octanol–water partition coefficient (Wildman–Crippen LogP) is 10.1. The van der Waals surface area contributed by atoms with Crippen molar-refractivity contribution in [3.63, 3.8) is 0 Å². The quantitative estimate of drug-likeness (QED) is 0.206. The van der Waals surface area contributed by atoms with Gasteiger partial charge in [-0.3, -0.25) is 0 Å². The molecule has 4 aromatic carbocycles. The zero-order valence-corrected chi connectivity index (χ0v) is 25.9. The van der Waals surface area contributed by atoms with Gasteiger partial charge in [-0.15, -0.1) is 0 Å². The Morgan fingerprint density at radius 2 is 1.22 bits per heavy atom. The van der Waals surface area contributed by atoms with E-state index < -0.39 is 18.9 Å². The summed E-state index contributed by atoms with van der Waals surface area (Å²) in [4.78, 5) is 0. The van der Waals surface area contributed by atoms with E-state index in [1.807, 2.05) is 36.4 Å². The average molecular weight is 597 g/mol. The first-order valence-electron chi connectivity index (χ1n) is 13.0. The summed E-state index contributed by atoms with van der Waals surface area (Å²) >= 11 is -2.44. The Balaban J connectivity index is 0.000000158. The Kier molecular flexibility index (Phi) is 12.1. The van der Waals surface area contributed by atoms with E-state index in [4.69, 9.17) is 17.0 Å². The molecule has 0 atom stereocenters. The maximum absolute atomic E-state index is 6.24. The van der Waals surface area contributed by atoms with Crippen LogP contribution in [0.2, 0.25) is 0 Å². The first-order chi connectivity index (χ1) is 17.4. The molecule has 36 heavy (non-hydrogen) atoms.